The van der Waals surface area contributed by atoms with Crippen LogP contribution in [0.1, 0.15) is 26.7 Å². The monoisotopic (exact) mass is 232 g/mol. The van der Waals surface area contributed by atoms with E-state index in [9.17, 15) is 9.59 Å². The van der Waals surface area contributed by atoms with Gasteiger partial charge in [-0.3, -0.25) is 9.59 Å². The number of alkyl halides is 1. The van der Waals surface area contributed by atoms with Crippen molar-refractivity contribution in [2.45, 2.75) is 32.7 Å². The van der Waals surface area contributed by atoms with Crippen molar-refractivity contribution >= 4 is 23.4 Å². The summed E-state index contributed by atoms with van der Waals surface area (Å²) in [6.45, 7) is 3.53. The first-order valence-corrected chi connectivity index (χ1v) is 5.63. The number of carbonyl (C=O) groups is 2. The lowest BCUT2D eigenvalue weighted by Gasteiger charge is -2.19. The predicted octanol–water partition coefficient (Wildman–Crippen LogP) is 0.646. The summed E-state index contributed by atoms with van der Waals surface area (Å²) in [5.74, 6) is -0.0806. The van der Waals surface area contributed by atoms with Gasteiger partial charge >= 0.3 is 0 Å². The molecule has 86 valence electrons. The van der Waals surface area contributed by atoms with Crippen LogP contribution in [0.3, 0.4) is 0 Å². The molecular formula is C10H17ClN2O2. The number of amides is 2. The highest BCUT2D eigenvalue weighted by molar-refractivity contribution is 6.19. The number of hydrogen-bond donors (Lipinski definition) is 2. The Bertz CT molecular complexity index is 262. The predicted molar refractivity (Wildman–Crippen MR) is 58.7 cm³/mol. The summed E-state index contributed by atoms with van der Waals surface area (Å²) in [7, 11) is 0. The summed E-state index contributed by atoms with van der Waals surface area (Å²) in [5, 5.41) is 5.36. The number of rotatable bonds is 5. The van der Waals surface area contributed by atoms with Gasteiger partial charge in [-0.15, -0.1) is 11.6 Å². The molecule has 0 aromatic rings. The Balaban J connectivity index is 2.23. The van der Waals surface area contributed by atoms with Crippen LogP contribution in [0, 0.1) is 5.41 Å². The Kier molecular flexibility index (Phi) is 3.97. The molecule has 1 aliphatic rings. The second-order valence-electron chi connectivity index (χ2n) is 4.54. The Morgan fingerprint density at radius 2 is 2.00 bits per heavy atom. The molecule has 1 rings (SSSR count). The van der Waals surface area contributed by atoms with Crippen LogP contribution in [-0.4, -0.2) is 30.3 Å². The Morgan fingerprint density at radius 1 is 1.40 bits per heavy atom. The average molecular weight is 233 g/mol. The van der Waals surface area contributed by atoms with E-state index in [1.807, 2.05) is 0 Å². The maximum atomic E-state index is 11.5. The molecule has 1 aliphatic carbocycles. The first kappa shape index (κ1) is 12.3. The number of carbonyl (C=O) groups excluding carboxylic acids is 2. The SMILES string of the molecule is CC(C)(CCl)C(=O)NCC(=O)NC1CC1. The van der Waals surface area contributed by atoms with Gasteiger partial charge in [-0.2, -0.15) is 0 Å². The molecule has 0 atom stereocenters. The molecule has 2 amide bonds. The van der Waals surface area contributed by atoms with Crippen molar-refractivity contribution in [1.82, 2.24) is 10.6 Å². The first-order valence-electron chi connectivity index (χ1n) is 5.09. The molecule has 0 aromatic carbocycles. The van der Waals surface area contributed by atoms with Crippen LogP contribution in [-0.2, 0) is 9.59 Å². The Labute approximate surface area is 94.7 Å². The van der Waals surface area contributed by atoms with Gasteiger partial charge < -0.3 is 10.6 Å². The van der Waals surface area contributed by atoms with Crippen LogP contribution >= 0.6 is 11.6 Å². The molecule has 0 spiro atoms. The molecule has 0 aliphatic heterocycles. The van der Waals surface area contributed by atoms with Crippen LogP contribution in [0.15, 0.2) is 0 Å². The molecule has 0 unspecified atom stereocenters. The summed E-state index contributed by atoms with van der Waals surface area (Å²) in [4.78, 5) is 22.8. The van der Waals surface area contributed by atoms with E-state index in [4.69, 9.17) is 11.6 Å². The second kappa shape index (κ2) is 4.84. The van der Waals surface area contributed by atoms with Crippen molar-refractivity contribution in [3.05, 3.63) is 0 Å². The fourth-order valence-electron chi connectivity index (χ4n) is 0.967. The van der Waals surface area contributed by atoms with Gasteiger partial charge in [0.25, 0.3) is 0 Å². The molecule has 1 fully saturated rings. The van der Waals surface area contributed by atoms with Gasteiger partial charge in [0, 0.05) is 11.9 Å². The molecule has 15 heavy (non-hydrogen) atoms. The highest BCUT2D eigenvalue weighted by atomic mass is 35.5. The van der Waals surface area contributed by atoms with E-state index < -0.39 is 5.41 Å². The minimum absolute atomic E-state index is 0.0374. The lowest BCUT2D eigenvalue weighted by molar-refractivity contribution is -0.131. The van der Waals surface area contributed by atoms with Crippen LogP contribution in [0.2, 0.25) is 0 Å². The van der Waals surface area contributed by atoms with Crippen LogP contribution in [0.4, 0.5) is 0 Å². The van der Waals surface area contributed by atoms with Crippen molar-refractivity contribution in [3.8, 4) is 0 Å². The Hall–Kier alpha value is -0.770. The van der Waals surface area contributed by atoms with Crippen LogP contribution in [0.25, 0.3) is 0 Å². The van der Waals surface area contributed by atoms with E-state index in [2.05, 4.69) is 10.6 Å². The number of hydrogen-bond acceptors (Lipinski definition) is 2. The normalized spacial score (nSPS) is 15.9. The topological polar surface area (TPSA) is 58.2 Å². The smallest absolute Gasteiger partial charge is 0.239 e. The average Bonchev–Trinajstić information content (AvgIpc) is 2.97. The number of nitrogens with one attached hydrogen (secondary N) is 2. The molecule has 4 nitrogen and oxygen atoms in total. The van der Waals surface area contributed by atoms with Gasteiger partial charge in [0.15, 0.2) is 0 Å². The second-order valence-corrected chi connectivity index (χ2v) is 4.81. The summed E-state index contributed by atoms with van der Waals surface area (Å²) in [6.07, 6.45) is 2.10. The Morgan fingerprint density at radius 3 is 2.47 bits per heavy atom. The third kappa shape index (κ3) is 4.08. The van der Waals surface area contributed by atoms with Crippen LogP contribution < -0.4 is 10.6 Å². The lowest BCUT2D eigenvalue weighted by Crippen LogP contribution is -2.43. The van der Waals surface area contributed by atoms with Gasteiger partial charge in [0.05, 0.1) is 12.0 Å². The van der Waals surface area contributed by atoms with E-state index in [0.29, 0.717) is 6.04 Å². The van der Waals surface area contributed by atoms with E-state index in [-0.39, 0.29) is 24.2 Å². The maximum absolute atomic E-state index is 11.5. The molecule has 2 N–H and O–H groups in total. The molecule has 0 bridgehead atoms. The van der Waals surface area contributed by atoms with E-state index in [0.717, 1.165) is 12.8 Å². The fourth-order valence-corrected chi connectivity index (χ4v) is 1.09. The molecule has 5 heteroatoms. The van der Waals surface area contributed by atoms with E-state index >= 15 is 0 Å². The van der Waals surface area contributed by atoms with Crippen molar-refractivity contribution in [3.63, 3.8) is 0 Å². The van der Waals surface area contributed by atoms with E-state index in [1.165, 1.54) is 0 Å². The lowest BCUT2D eigenvalue weighted by atomic mass is 9.95. The highest BCUT2D eigenvalue weighted by Crippen LogP contribution is 2.18. The highest BCUT2D eigenvalue weighted by Gasteiger charge is 2.27. The zero-order valence-electron chi connectivity index (χ0n) is 9.10. The molecular weight excluding hydrogens is 216 g/mol. The largest absolute Gasteiger partial charge is 0.352 e. The van der Waals surface area contributed by atoms with Crippen molar-refractivity contribution in [1.29, 1.82) is 0 Å². The molecule has 0 aromatic heterocycles. The third-order valence-electron chi connectivity index (χ3n) is 2.30. The molecule has 0 saturated heterocycles. The van der Waals surface area contributed by atoms with Crippen molar-refractivity contribution < 1.29 is 9.59 Å². The van der Waals surface area contributed by atoms with Crippen molar-refractivity contribution in [2.75, 3.05) is 12.4 Å². The number of halogens is 1. The molecule has 0 radical (unpaired) electrons. The minimum atomic E-state index is -0.624. The minimum Gasteiger partial charge on any atom is -0.352 e. The zero-order valence-corrected chi connectivity index (χ0v) is 9.86. The van der Waals surface area contributed by atoms with Crippen molar-refractivity contribution in [2.24, 2.45) is 5.41 Å². The fraction of sp³-hybridized carbons (Fsp3) is 0.800. The summed E-state index contributed by atoms with van der Waals surface area (Å²) < 4.78 is 0. The maximum Gasteiger partial charge on any atom is 0.239 e. The van der Waals surface area contributed by atoms with Gasteiger partial charge in [0.1, 0.15) is 0 Å². The summed E-state index contributed by atoms with van der Waals surface area (Å²) in [6, 6.07) is 0.329. The van der Waals surface area contributed by atoms with Gasteiger partial charge in [-0.1, -0.05) is 0 Å². The zero-order chi connectivity index (χ0) is 11.5. The third-order valence-corrected chi connectivity index (χ3v) is 2.97. The molecule has 1 saturated carbocycles. The standard InChI is InChI=1S/C10H17ClN2O2/c1-10(2,6-11)9(15)12-5-8(14)13-7-3-4-7/h7H,3-6H2,1-2H3,(H,12,15)(H,13,14). The van der Waals surface area contributed by atoms with Gasteiger partial charge in [-0.05, 0) is 26.7 Å². The van der Waals surface area contributed by atoms with Gasteiger partial charge in [0.2, 0.25) is 11.8 Å². The molecule has 0 heterocycles. The summed E-state index contributed by atoms with van der Waals surface area (Å²) in [5.41, 5.74) is -0.624. The summed E-state index contributed by atoms with van der Waals surface area (Å²) >= 11 is 5.64. The van der Waals surface area contributed by atoms with E-state index in [1.54, 1.807) is 13.8 Å². The van der Waals surface area contributed by atoms with Crippen LogP contribution in [0.5, 0.6) is 0 Å². The van der Waals surface area contributed by atoms with Gasteiger partial charge in [-0.25, -0.2) is 0 Å². The first-order chi connectivity index (χ1) is 6.95. The quantitative estimate of drug-likeness (QED) is 0.684.